The van der Waals surface area contributed by atoms with E-state index in [-0.39, 0.29) is 11.3 Å². The number of nitro benzene ring substituents is 1. The van der Waals surface area contributed by atoms with Crippen LogP contribution in [0, 0.1) is 25.0 Å². The molecular weight excluding hydrogens is 677 g/mol. The Bertz CT molecular complexity index is 1640. The molecule has 4 aromatic carbocycles. The first-order chi connectivity index (χ1) is 18.8. The fourth-order valence-corrected chi connectivity index (χ4v) is 5.11. The van der Waals surface area contributed by atoms with Gasteiger partial charge >= 0.3 is 0 Å². The molecule has 0 fully saturated rings. The quantitative estimate of drug-likeness (QED) is 0.0632. The first-order valence-electron chi connectivity index (χ1n) is 11.7. The predicted octanol–water partition coefficient (Wildman–Crippen LogP) is 7.64. The zero-order chi connectivity index (χ0) is 27.9. The molecule has 8 nitrogen and oxygen atoms in total. The number of nitriles is 1. The Morgan fingerprint density at radius 3 is 2.62 bits per heavy atom. The average molecular weight is 698 g/mol. The molecule has 0 aliphatic heterocycles. The van der Waals surface area contributed by atoms with E-state index in [0.717, 1.165) is 19.9 Å². The molecule has 0 radical (unpaired) electrons. The lowest BCUT2D eigenvalue weighted by atomic mass is 10.1. The number of hydrogen-bond acceptors (Lipinski definition) is 6. The molecule has 0 heterocycles. The fraction of sp³-hybridized carbons (Fsp3) is 0.103. The summed E-state index contributed by atoms with van der Waals surface area (Å²) in [6, 6.07) is 23.5. The summed E-state index contributed by atoms with van der Waals surface area (Å²) in [5, 5.41) is 25.5. The topological polar surface area (TPSA) is 114 Å². The number of amides is 1. The highest BCUT2D eigenvalue weighted by Gasteiger charge is 2.17. The molecule has 1 amide bonds. The van der Waals surface area contributed by atoms with E-state index in [4.69, 9.17) is 9.47 Å². The third kappa shape index (κ3) is 6.74. The first-order valence-corrected chi connectivity index (χ1v) is 13.6. The lowest BCUT2D eigenvalue weighted by Crippen LogP contribution is -2.14. The monoisotopic (exact) mass is 697 g/mol. The molecule has 10 heteroatoms. The number of carbonyl (C=O) groups excluding carboxylic acids is 1. The molecule has 0 unspecified atom stereocenters. The van der Waals surface area contributed by atoms with Crippen molar-refractivity contribution >= 4 is 72.7 Å². The van der Waals surface area contributed by atoms with Gasteiger partial charge in [0.05, 0.1) is 20.8 Å². The van der Waals surface area contributed by atoms with Crippen LogP contribution in [0.15, 0.2) is 82.8 Å². The Labute approximate surface area is 246 Å². The fourth-order valence-electron chi connectivity index (χ4n) is 3.87. The summed E-state index contributed by atoms with van der Waals surface area (Å²) in [6.07, 6.45) is 1.45. The molecule has 0 atom stereocenters. The lowest BCUT2D eigenvalue weighted by molar-refractivity contribution is -0.384. The molecule has 1 N–H and O–H groups in total. The van der Waals surface area contributed by atoms with Crippen molar-refractivity contribution in [2.24, 2.45) is 0 Å². The number of ether oxygens (including phenoxy) is 2. The molecule has 4 rings (SSSR count). The molecule has 0 aliphatic carbocycles. The number of rotatable bonds is 9. The largest absolute Gasteiger partial charge is 0.490 e. The van der Waals surface area contributed by atoms with Gasteiger partial charge in [0.1, 0.15) is 18.2 Å². The maximum Gasteiger partial charge on any atom is 0.270 e. The number of carbonyl (C=O) groups is 1. The summed E-state index contributed by atoms with van der Waals surface area (Å²) < 4.78 is 13.1. The van der Waals surface area contributed by atoms with Gasteiger partial charge in [0.2, 0.25) is 0 Å². The van der Waals surface area contributed by atoms with Crippen LogP contribution in [0.1, 0.15) is 18.1 Å². The minimum Gasteiger partial charge on any atom is -0.490 e. The van der Waals surface area contributed by atoms with E-state index in [1.54, 1.807) is 12.1 Å². The second-order valence-electron chi connectivity index (χ2n) is 8.24. The van der Waals surface area contributed by atoms with Crippen molar-refractivity contribution in [2.75, 3.05) is 11.9 Å². The standard InChI is InChI=1S/C29H21BrIN3O5/c1-2-38-27-14-18(12-21(16-32)29(35)33-26-11-10-22(34(36)37)15-24(26)30)13-25(31)28(27)39-17-20-8-5-7-19-6-3-4-9-23(19)20/h3-15H,2,17H2,1H3,(H,33,35)/b21-12-. The van der Waals surface area contributed by atoms with Gasteiger partial charge in [0, 0.05) is 16.6 Å². The number of hydrogen-bond donors (Lipinski definition) is 1. The molecule has 4 aromatic rings. The number of nitrogens with one attached hydrogen (secondary N) is 1. The third-order valence-electron chi connectivity index (χ3n) is 5.67. The van der Waals surface area contributed by atoms with Crippen molar-refractivity contribution in [3.63, 3.8) is 0 Å². The van der Waals surface area contributed by atoms with Gasteiger partial charge in [-0.05, 0) is 91.6 Å². The number of nitro groups is 1. The maximum atomic E-state index is 12.8. The van der Waals surface area contributed by atoms with Crippen LogP contribution in [0.5, 0.6) is 11.5 Å². The smallest absolute Gasteiger partial charge is 0.270 e. The van der Waals surface area contributed by atoms with Gasteiger partial charge in [-0.2, -0.15) is 5.26 Å². The normalized spacial score (nSPS) is 11.1. The van der Waals surface area contributed by atoms with Gasteiger partial charge in [-0.15, -0.1) is 0 Å². The van der Waals surface area contributed by atoms with Gasteiger partial charge in [0.25, 0.3) is 11.6 Å². The maximum absolute atomic E-state index is 12.8. The highest BCUT2D eigenvalue weighted by molar-refractivity contribution is 14.1. The average Bonchev–Trinajstić information content (AvgIpc) is 2.92. The van der Waals surface area contributed by atoms with Gasteiger partial charge in [-0.25, -0.2) is 0 Å². The molecule has 0 aliphatic rings. The van der Waals surface area contributed by atoms with Gasteiger partial charge in [-0.3, -0.25) is 14.9 Å². The Hall–Kier alpha value is -3.95. The van der Waals surface area contributed by atoms with Gasteiger partial charge in [-0.1, -0.05) is 42.5 Å². The summed E-state index contributed by atoms with van der Waals surface area (Å²) in [5.74, 6) is 0.406. The lowest BCUT2D eigenvalue weighted by Gasteiger charge is -2.16. The van der Waals surface area contributed by atoms with Crippen LogP contribution in [0.2, 0.25) is 0 Å². The molecule has 39 heavy (non-hydrogen) atoms. The van der Waals surface area contributed by atoms with E-state index >= 15 is 0 Å². The predicted molar refractivity (Wildman–Crippen MR) is 162 cm³/mol. The second-order valence-corrected chi connectivity index (χ2v) is 10.3. The van der Waals surface area contributed by atoms with E-state index < -0.39 is 10.8 Å². The van der Waals surface area contributed by atoms with E-state index in [1.807, 2.05) is 37.3 Å². The van der Waals surface area contributed by atoms with Crippen LogP contribution < -0.4 is 14.8 Å². The zero-order valence-electron chi connectivity index (χ0n) is 20.6. The Morgan fingerprint density at radius 1 is 1.13 bits per heavy atom. The Kier molecular flexibility index (Phi) is 9.16. The van der Waals surface area contributed by atoms with E-state index in [0.29, 0.717) is 40.4 Å². The molecule has 0 saturated carbocycles. The molecule has 0 spiro atoms. The molecule has 0 bridgehead atoms. The third-order valence-corrected chi connectivity index (χ3v) is 7.13. The van der Waals surface area contributed by atoms with Crippen molar-refractivity contribution in [3.05, 3.63) is 108 Å². The summed E-state index contributed by atoms with van der Waals surface area (Å²) in [4.78, 5) is 23.3. The number of non-ortho nitro benzene ring substituents is 1. The number of benzene rings is 4. The summed E-state index contributed by atoms with van der Waals surface area (Å²) in [6.45, 7) is 2.59. The number of halogens is 2. The summed E-state index contributed by atoms with van der Waals surface area (Å²) >= 11 is 5.36. The van der Waals surface area contributed by atoms with Crippen molar-refractivity contribution in [2.45, 2.75) is 13.5 Å². The van der Waals surface area contributed by atoms with Crippen LogP contribution in [0.3, 0.4) is 0 Å². The number of fused-ring (bicyclic) bond motifs is 1. The SMILES string of the molecule is CCOc1cc(/C=C(/C#N)C(=O)Nc2ccc([N+](=O)[O-])cc2Br)cc(I)c1OCc1cccc2ccccc12. The van der Waals surface area contributed by atoms with E-state index in [1.165, 1.54) is 24.3 Å². The van der Waals surface area contributed by atoms with E-state index in [9.17, 15) is 20.2 Å². The van der Waals surface area contributed by atoms with Crippen LogP contribution in [0.4, 0.5) is 11.4 Å². The minimum atomic E-state index is -0.656. The van der Waals surface area contributed by atoms with Gasteiger partial charge in [0.15, 0.2) is 11.5 Å². The Morgan fingerprint density at radius 2 is 1.90 bits per heavy atom. The van der Waals surface area contributed by atoms with Crippen molar-refractivity contribution in [3.8, 4) is 17.6 Å². The van der Waals surface area contributed by atoms with Crippen LogP contribution in [0.25, 0.3) is 16.8 Å². The number of nitrogens with zero attached hydrogens (tertiary/aromatic N) is 2. The highest BCUT2D eigenvalue weighted by atomic mass is 127. The van der Waals surface area contributed by atoms with Gasteiger partial charge < -0.3 is 14.8 Å². The van der Waals surface area contributed by atoms with Crippen LogP contribution >= 0.6 is 38.5 Å². The molecule has 0 aromatic heterocycles. The second kappa shape index (κ2) is 12.7. The molecular formula is C29H21BrIN3O5. The van der Waals surface area contributed by atoms with Crippen molar-refractivity contribution in [1.82, 2.24) is 0 Å². The van der Waals surface area contributed by atoms with Crippen molar-refractivity contribution in [1.29, 1.82) is 5.26 Å². The Balaban J connectivity index is 1.58. The van der Waals surface area contributed by atoms with Crippen LogP contribution in [-0.4, -0.2) is 17.4 Å². The van der Waals surface area contributed by atoms with Crippen LogP contribution in [-0.2, 0) is 11.4 Å². The highest BCUT2D eigenvalue weighted by Crippen LogP contribution is 2.36. The zero-order valence-corrected chi connectivity index (χ0v) is 24.4. The van der Waals surface area contributed by atoms with E-state index in [2.05, 4.69) is 62.0 Å². The summed E-state index contributed by atoms with van der Waals surface area (Å²) in [5.41, 5.74) is 1.64. The van der Waals surface area contributed by atoms with Crippen molar-refractivity contribution < 1.29 is 19.2 Å². The minimum absolute atomic E-state index is 0.128. The first kappa shape index (κ1) is 28.1. The molecule has 196 valence electrons. The molecule has 0 saturated heterocycles. The number of anilines is 1. The summed E-state index contributed by atoms with van der Waals surface area (Å²) in [7, 11) is 0.